The molecule has 1 aromatic carbocycles. The molecule has 0 aliphatic carbocycles. The Balaban J connectivity index is 2.20. The summed E-state index contributed by atoms with van der Waals surface area (Å²) in [6.07, 6.45) is -3.31. The van der Waals surface area contributed by atoms with Crippen molar-refractivity contribution in [3.05, 3.63) is 59.2 Å². The standard InChI is InChI=1S/C14H9F4N3/c15-12-4-3-10(6-11(12)14(16,17)18)21-8-9-2-1-5-20-13(9)7-19/h1-6,21H,8H2. The Kier molecular flexibility index (Phi) is 4.08. The van der Waals surface area contributed by atoms with E-state index in [9.17, 15) is 17.6 Å². The first-order chi connectivity index (χ1) is 9.91. The van der Waals surface area contributed by atoms with Crippen molar-refractivity contribution in [2.45, 2.75) is 12.7 Å². The molecule has 7 heteroatoms. The van der Waals surface area contributed by atoms with Crippen molar-refractivity contribution in [3.8, 4) is 6.07 Å². The fourth-order valence-corrected chi connectivity index (χ4v) is 1.73. The van der Waals surface area contributed by atoms with Gasteiger partial charge < -0.3 is 5.32 Å². The molecule has 0 atom stereocenters. The van der Waals surface area contributed by atoms with Crippen molar-refractivity contribution in [2.75, 3.05) is 5.32 Å². The molecular formula is C14H9F4N3. The van der Waals surface area contributed by atoms with E-state index >= 15 is 0 Å². The number of nitrogens with one attached hydrogen (secondary N) is 1. The number of benzene rings is 1. The zero-order valence-corrected chi connectivity index (χ0v) is 10.6. The van der Waals surface area contributed by atoms with Crippen LogP contribution >= 0.6 is 0 Å². The second-order valence-electron chi connectivity index (χ2n) is 4.17. The predicted octanol–water partition coefficient (Wildman–Crippen LogP) is 3.72. The van der Waals surface area contributed by atoms with Gasteiger partial charge in [-0.1, -0.05) is 6.07 Å². The summed E-state index contributed by atoms with van der Waals surface area (Å²) < 4.78 is 50.9. The van der Waals surface area contributed by atoms with Crippen molar-refractivity contribution in [2.24, 2.45) is 0 Å². The fourth-order valence-electron chi connectivity index (χ4n) is 1.73. The molecule has 1 N–H and O–H groups in total. The van der Waals surface area contributed by atoms with Gasteiger partial charge in [0.1, 0.15) is 17.6 Å². The summed E-state index contributed by atoms with van der Waals surface area (Å²) in [5.41, 5.74) is -0.503. The summed E-state index contributed by atoms with van der Waals surface area (Å²) in [7, 11) is 0. The maximum Gasteiger partial charge on any atom is 0.419 e. The number of hydrogen-bond acceptors (Lipinski definition) is 3. The molecule has 0 bridgehead atoms. The van der Waals surface area contributed by atoms with Crippen LogP contribution in [0.3, 0.4) is 0 Å². The van der Waals surface area contributed by atoms with E-state index < -0.39 is 17.6 Å². The monoisotopic (exact) mass is 295 g/mol. The third-order valence-corrected chi connectivity index (χ3v) is 2.75. The summed E-state index contributed by atoms with van der Waals surface area (Å²) in [4.78, 5) is 3.84. The Hall–Kier alpha value is -2.62. The van der Waals surface area contributed by atoms with E-state index in [-0.39, 0.29) is 17.9 Å². The average molecular weight is 295 g/mol. The Bertz CT molecular complexity index is 689. The number of nitrogens with zero attached hydrogens (tertiary/aromatic N) is 2. The summed E-state index contributed by atoms with van der Waals surface area (Å²) in [5.74, 6) is -1.33. The van der Waals surface area contributed by atoms with E-state index in [4.69, 9.17) is 5.26 Å². The number of aromatic nitrogens is 1. The van der Waals surface area contributed by atoms with Crippen LogP contribution in [0.25, 0.3) is 0 Å². The molecule has 21 heavy (non-hydrogen) atoms. The Labute approximate surface area is 117 Å². The van der Waals surface area contributed by atoms with Gasteiger partial charge in [-0.25, -0.2) is 9.37 Å². The SMILES string of the molecule is N#Cc1ncccc1CNc1ccc(F)c(C(F)(F)F)c1. The molecule has 0 amide bonds. The quantitative estimate of drug-likeness (QED) is 0.878. The van der Waals surface area contributed by atoms with Gasteiger partial charge in [-0.3, -0.25) is 0 Å². The van der Waals surface area contributed by atoms with Crippen molar-refractivity contribution in [1.29, 1.82) is 5.26 Å². The molecule has 1 heterocycles. The van der Waals surface area contributed by atoms with Crippen LogP contribution in [0.2, 0.25) is 0 Å². The average Bonchev–Trinajstić information content (AvgIpc) is 2.45. The van der Waals surface area contributed by atoms with Gasteiger partial charge in [-0.2, -0.15) is 18.4 Å². The number of halogens is 4. The summed E-state index contributed by atoms with van der Waals surface area (Å²) in [6, 6.07) is 7.78. The molecule has 3 nitrogen and oxygen atoms in total. The molecule has 1 aromatic heterocycles. The molecule has 0 saturated heterocycles. The first-order valence-corrected chi connectivity index (χ1v) is 5.86. The summed E-state index contributed by atoms with van der Waals surface area (Å²) in [5, 5.41) is 11.6. The minimum atomic E-state index is -4.76. The van der Waals surface area contributed by atoms with Crippen LogP contribution in [-0.2, 0) is 12.7 Å². The van der Waals surface area contributed by atoms with E-state index in [1.54, 1.807) is 12.1 Å². The van der Waals surface area contributed by atoms with Crippen LogP contribution in [0.1, 0.15) is 16.8 Å². The van der Waals surface area contributed by atoms with E-state index in [0.29, 0.717) is 11.6 Å². The Morgan fingerprint density at radius 3 is 2.67 bits per heavy atom. The highest BCUT2D eigenvalue weighted by molar-refractivity contribution is 5.48. The second-order valence-corrected chi connectivity index (χ2v) is 4.17. The highest BCUT2D eigenvalue weighted by Crippen LogP contribution is 2.33. The molecule has 108 valence electrons. The first-order valence-electron chi connectivity index (χ1n) is 5.86. The number of hydrogen-bond donors (Lipinski definition) is 1. The smallest absolute Gasteiger partial charge is 0.381 e. The zero-order chi connectivity index (χ0) is 15.5. The molecular weight excluding hydrogens is 286 g/mol. The third-order valence-electron chi connectivity index (χ3n) is 2.75. The number of nitriles is 1. The molecule has 0 spiro atoms. The van der Waals surface area contributed by atoms with E-state index in [1.807, 2.05) is 6.07 Å². The van der Waals surface area contributed by atoms with Crippen LogP contribution in [0.5, 0.6) is 0 Å². The molecule has 2 rings (SSSR count). The van der Waals surface area contributed by atoms with Crippen LogP contribution in [0.15, 0.2) is 36.5 Å². The lowest BCUT2D eigenvalue weighted by atomic mass is 10.1. The topological polar surface area (TPSA) is 48.7 Å². The van der Waals surface area contributed by atoms with Gasteiger partial charge in [0.15, 0.2) is 0 Å². The van der Waals surface area contributed by atoms with E-state index in [2.05, 4.69) is 10.3 Å². The molecule has 0 fully saturated rings. The van der Waals surface area contributed by atoms with Gasteiger partial charge in [-0.05, 0) is 24.3 Å². The van der Waals surface area contributed by atoms with Crippen molar-refractivity contribution in [1.82, 2.24) is 4.98 Å². The Morgan fingerprint density at radius 1 is 1.24 bits per heavy atom. The first kappa shape index (κ1) is 14.8. The lowest BCUT2D eigenvalue weighted by Gasteiger charge is -2.12. The molecule has 0 radical (unpaired) electrons. The van der Waals surface area contributed by atoms with Crippen molar-refractivity contribution < 1.29 is 17.6 Å². The largest absolute Gasteiger partial charge is 0.419 e. The second kappa shape index (κ2) is 5.79. The zero-order valence-electron chi connectivity index (χ0n) is 10.6. The van der Waals surface area contributed by atoms with Crippen LogP contribution in [-0.4, -0.2) is 4.98 Å². The summed E-state index contributed by atoms with van der Waals surface area (Å²) >= 11 is 0. The minimum absolute atomic E-state index is 0.108. The maximum atomic E-state index is 13.1. The molecule has 0 aliphatic rings. The molecule has 2 aromatic rings. The van der Waals surface area contributed by atoms with Crippen molar-refractivity contribution >= 4 is 5.69 Å². The highest BCUT2D eigenvalue weighted by atomic mass is 19.4. The van der Waals surface area contributed by atoms with Gasteiger partial charge in [0.2, 0.25) is 0 Å². The number of pyridine rings is 1. The maximum absolute atomic E-state index is 13.1. The number of anilines is 1. The van der Waals surface area contributed by atoms with E-state index in [1.165, 1.54) is 12.3 Å². The fraction of sp³-hybridized carbons (Fsp3) is 0.143. The summed E-state index contributed by atoms with van der Waals surface area (Å²) in [6.45, 7) is 0.111. The number of rotatable bonds is 3. The molecule has 0 aliphatic heterocycles. The lowest BCUT2D eigenvalue weighted by Crippen LogP contribution is -2.10. The normalized spacial score (nSPS) is 11.0. The van der Waals surface area contributed by atoms with Crippen LogP contribution < -0.4 is 5.32 Å². The highest BCUT2D eigenvalue weighted by Gasteiger charge is 2.34. The lowest BCUT2D eigenvalue weighted by molar-refractivity contribution is -0.139. The van der Waals surface area contributed by atoms with E-state index in [0.717, 1.165) is 6.07 Å². The van der Waals surface area contributed by atoms with Gasteiger partial charge in [0.05, 0.1) is 5.56 Å². The third kappa shape index (κ3) is 3.48. The van der Waals surface area contributed by atoms with Gasteiger partial charge in [0, 0.05) is 24.0 Å². The van der Waals surface area contributed by atoms with Gasteiger partial charge >= 0.3 is 6.18 Å². The predicted molar refractivity (Wildman–Crippen MR) is 67.7 cm³/mol. The van der Waals surface area contributed by atoms with Gasteiger partial charge in [0.25, 0.3) is 0 Å². The van der Waals surface area contributed by atoms with Gasteiger partial charge in [-0.15, -0.1) is 0 Å². The Morgan fingerprint density at radius 2 is 2.00 bits per heavy atom. The molecule has 0 saturated carbocycles. The van der Waals surface area contributed by atoms with Crippen LogP contribution in [0.4, 0.5) is 23.2 Å². The van der Waals surface area contributed by atoms with Crippen LogP contribution in [0, 0.1) is 17.1 Å². The molecule has 0 unspecified atom stereocenters. The van der Waals surface area contributed by atoms with Crippen molar-refractivity contribution in [3.63, 3.8) is 0 Å². The minimum Gasteiger partial charge on any atom is -0.381 e. The number of alkyl halides is 3.